The molecule has 0 aromatic heterocycles. The van der Waals surface area contributed by atoms with E-state index in [1.165, 1.54) is 0 Å². The summed E-state index contributed by atoms with van der Waals surface area (Å²) in [6.07, 6.45) is 2.10. The first kappa shape index (κ1) is 16.0. The van der Waals surface area contributed by atoms with E-state index in [-0.39, 0.29) is 23.8 Å². The van der Waals surface area contributed by atoms with Crippen LogP contribution in [0.2, 0.25) is 0 Å². The number of hydrogen-bond donors (Lipinski definition) is 3. The van der Waals surface area contributed by atoms with Gasteiger partial charge in [-0.3, -0.25) is 14.4 Å². The molecule has 0 saturated heterocycles. The third-order valence-electron chi connectivity index (χ3n) is 3.85. The van der Waals surface area contributed by atoms with Crippen molar-refractivity contribution in [1.82, 2.24) is 5.32 Å². The van der Waals surface area contributed by atoms with E-state index in [2.05, 4.69) is 10.6 Å². The molecule has 3 N–H and O–H groups in total. The Balaban J connectivity index is 1.97. The van der Waals surface area contributed by atoms with Crippen LogP contribution in [0, 0.1) is 5.92 Å². The van der Waals surface area contributed by atoms with Crippen LogP contribution in [-0.2, 0) is 9.59 Å². The summed E-state index contributed by atoms with van der Waals surface area (Å²) in [6, 6.07) is 6.60. The van der Waals surface area contributed by atoms with E-state index in [4.69, 9.17) is 5.11 Å². The third kappa shape index (κ3) is 4.07. The quantitative estimate of drug-likeness (QED) is 0.775. The summed E-state index contributed by atoms with van der Waals surface area (Å²) in [5.74, 6) is -1.54. The summed E-state index contributed by atoms with van der Waals surface area (Å²) in [4.78, 5) is 34.5. The van der Waals surface area contributed by atoms with Gasteiger partial charge < -0.3 is 15.7 Å². The maximum atomic E-state index is 12.2. The predicted molar refractivity (Wildman–Crippen MR) is 81.6 cm³/mol. The van der Waals surface area contributed by atoms with Gasteiger partial charge in [0, 0.05) is 23.7 Å². The Morgan fingerprint density at radius 1 is 1.27 bits per heavy atom. The second-order valence-corrected chi connectivity index (χ2v) is 5.50. The topological polar surface area (TPSA) is 95.5 Å². The number of benzene rings is 1. The second-order valence-electron chi connectivity index (χ2n) is 5.50. The predicted octanol–water partition coefficient (Wildman–Crippen LogP) is 2.02. The number of carboxylic acid groups (broad SMARTS) is 1. The fraction of sp³-hybridized carbons (Fsp3) is 0.438. The maximum absolute atomic E-state index is 12.2. The van der Waals surface area contributed by atoms with E-state index in [1.807, 2.05) is 0 Å². The number of carbonyl (C=O) groups excluding carboxylic acids is 2. The van der Waals surface area contributed by atoms with Crippen LogP contribution < -0.4 is 10.6 Å². The Morgan fingerprint density at radius 2 is 2.05 bits per heavy atom. The van der Waals surface area contributed by atoms with Crippen LogP contribution in [-0.4, -0.2) is 28.9 Å². The van der Waals surface area contributed by atoms with Gasteiger partial charge in [-0.2, -0.15) is 0 Å². The van der Waals surface area contributed by atoms with Crippen molar-refractivity contribution in [3.05, 3.63) is 29.8 Å². The number of nitrogens with one attached hydrogen (secondary N) is 2. The minimum absolute atomic E-state index is 0.109. The second kappa shape index (κ2) is 7.06. The van der Waals surface area contributed by atoms with Gasteiger partial charge >= 0.3 is 5.97 Å². The molecule has 1 aromatic carbocycles. The third-order valence-corrected chi connectivity index (χ3v) is 3.85. The Morgan fingerprint density at radius 3 is 2.68 bits per heavy atom. The minimum Gasteiger partial charge on any atom is -0.481 e. The number of anilines is 1. The van der Waals surface area contributed by atoms with Crippen LogP contribution in [0.25, 0.3) is 0 Å². The SMILES string of the molecule is CCC(=O)Nc1cccc(C(=O)N[C@H]2CC[C@@H](C(=O)O)C2)c1. The zero-order valence-corrected chi connectivity index (χ0v) is 12.5. The average Bonchev–Trinajstić information content (AvgIpc) is 2.96. The molecule has 1 aliphatic carbocycles. The van der Waals surface area contributed by atoms with Crippen molar-refractivity contribution in [3.63, 3.8) is 0 Å². The van der Waals surface area contributed by atoms with Crippen LogP contribution in [0.5, 0.6) is 0 Å². The molecule has 0 bridgehead atoms. The molecule has 1 saturated carbocycles. The number of amides is 2. The molecule has 6 heteroatoms. The van der Waals surface area contributed by atoms with E-state index >= 15 is 0 Å². The standard InChI is InChI=1S/C16H20N2O4/c1-2-14(19)17-12-5-3-4-10(8-12)15(20)18-13-7-6-11(9-13)16(21)22/h3-5,8,11,13H,2,6-7,9H2,1H3,(H,17,19)(H,18,20)(H,21,22)/t11-,13+/m1/s1. The molecule has 2 amide bonds. The summed E-state index contributed by atoms with van der Waals surface area (Å²) >= 11 is 0. The first-order valence-electron chi connectivity index (χ1n) is 7.43. The van der Waals surface area contributed by atoms with Gasteiger partial charge in [0.15, 0.2) is 0 Å². The van der Waals surface area contributed by atoms with Gasteiger partial charge in [0.05, 0.1) is 5.92 Å². The van der Waals surface area contributed by atoms with Crippen molar-refractivity contribution < 1.29 is 19.5 Å². The van der Waals surface area contributed by atoms with E-state index < -0.39 is 5.97 Å². The molecule has 0 radical (unpaired) electrons. The van der Waals surface area contributed by atoms with Crippen molar-refractivity contribution in [2.75, 3.05) is 5.32 Å². The number of carboxylic acids is 1. The maximum Gasteiger partial charge on any atom is 0.306 e. The zero-order chi connectivity index (χ0) is 16.1. The van der Waals surface area contributed by atoms with Crippen LogP contribution in [0.1, 0.15) is 43.0 Å². The lowest BCUT2D eigenvalue weighted by molar-refractivity contribution is -0.141. The fourth-order valence-corrected chi connectivity index (χ4v) is 2.59. The monoisotopic (exact) mass is 304 g/mol. The van der Waals surface area contributed by atoms with Crippen LogP contribution in [0.4, 0.5) is 5.69 Å². The van der Waals surface area contributed by atoms with Crippen molar-refractivity contribution in [3.8, 4) is 0 Å². The molecular formula is C16H20N2O4. The van der Waals surface area contributed by atoms with Gasteiger partial charge in [0.2, 0.25) is 5.91 Å². The molecule has 1 aromatic rings. The Labute approximate surface area is 128 Å². The number of rotatable bonds is 5. The molecule has 0 unspecified atom stereocenters. The zero-order valence-electron chi connectivity index (χ0n) is 12.5. The van der Waals surface area contributed by atoms with Crippen molar-refractivity contribution in [2.45, 2.75) is 38.6 Å². The van der Waals surface area contributed by atoms with E-state index in [0.717, 1.165) is 0 Å². The summed E-state index contributed by atoms with van der Waals surface area (Å²) in [6.45, 7) is 1.75. The lowest BCUT2D eigenvalue weighted by Crippen LogP contribution is -2.33. The smallest absolute Gasteiger partial charge is 0.306 e. The lowest BCUT2D eigenvalue weighted by atomic mass is 10.1. The normalized spacial score (nSPS) is 20.4. The molecule has 1 fully saturated rings. The van der Waals surface area contributed by atoms with Gasteiger partial charge in [-0.1, -0.05) is 13.0 Å². The first-order chi connectivity index (χ1) is 10.5. The van der Waals surface area contributed by atoms with Gasteiger partial charge in [-0.05, 0) is 37.5 Å². The minimum atomic E-state index is -0.805. The van der Waals surface area contributed by atoms with Gasteiger partial charge in [0.1, 0.15) is 0 Å². The Bertz CT molecular complexity index is 585. The van der Waals surface area contributed by atoms with E-state index in [1.54, 1.807) is 31.2 Å². The van der Waals surface area contributed by atoms with Crippen LogP contribution in [0.15, 0.2) is 24.3 Å². The highest BCUT2D eigenvalue weighted by Crippen LogP contribution is 2.26. The van der Waals surface area contributed by atoms with Crippen molar-refractivity contribution in [2.24, 2.45) is 5.92 Å². The molecule has 118 valence electrons. The molecule has 1 aliphatic rings. The van der Waals surface area contributed by atoms with Crippen LogP contribution >= 0.6 is 0 Å². The van der Waals surface area contributed by atoms with Crippen molar-refractivity contribution in [1.29, 1.82) is 0 Å². The van der Waals surface area contributed by atoms with Crippen LogP contribution in [0.3, 0.4) is 0 Å². The van der Waals surface area contributed by atoms with Gasteiger partial charge in [-0.25, -0.2) is 0 Å². The highest BCUT2D eigenvalue weighted by molar-refractivity contribution is 5.97. The molecule has 6 nitrogen and oxygen atoms in total. The fourth-order valence-electron chi connectivity index (χ4n) is 2.59. The molecule has 0 spiro atoms. The molecular weight excluding hydrogens is 284 g/mol. The highest BCUT2D eigenvalue weighted by Gasteiger charge is 2.30. The molecule has 2 rings (SSSR count). The first-order valence-corrected chi connectivity index (χ1v) is 7.43. The number of hydrogen-bond acceptors (Lipinski definition) is 3. The average molecular weight is 304 g/mol. The summed E-state index contributed by atoms with van der Waals surface area (Å²) in [7, 11) is 0. The molecule has 2 atom stereocenters. The van der Waals surface area contributed by atoms with E-state index in [0.29, 0.717) is 36.9 Å². The summed E-state index contributed by atoms with van der Waals surface area (Å²) in [5, 5.41) is 14.5. The summed E-state index contributed by atoms with van der Waals surface area (Å²) in [5.41, 5.74) is 1.03. The Kier molecular flexibility index (Phi) is 5.14. The van der Waals surface area contributed by atoms with Crippen molar-refractivity contribution >= 4 is 23.5 Å². The largest absolute Gasteiger partial charge is 0.481 e. The number of aliphatic carboxylic acids is 1. The van der Waals surface area contributed by atoms with E-state index in [9.17, 15) is 14.4 Å². The summed E-state index contributed by atoms with van der Waals surface area (Å²) < 4.78 is 0. The molecule has 22 heavy (non-hydrogen) atoms. The molecule has 0 aliphatic heterocycles. The van der Waals surface area contributed by atoms with Gasteiger partial charge in [0.25, 0.3) is 5.91 Å². The Hall–Kier alpha value is -2.37. The number of carbonyl (C=O) groups is 3. The van der Waals surface area contributed by atoms with Gasteiger partial charge in [-0.15, -0.1) is 0 Å². The lowest BCUT2D eigenvalue weighted by Gasteiger charge is -2.13. The highest BCUT2D eigenvalue weighted by atomic mass is 16.4. The molecule has 0 heterocycles.